The number of carbonyl (C=O) groups excluding carboxylic acids is 1. The molecule has 4 bridgehead atoms. The Balaban J connectivity index is 1.98. The number of Topliss-reactive ketones (excluding diaryl/α,β-unsaturated/α-hetero) is 1. The Labute approximate surface area is 73.5 Å². The molecule has 4 fully saturated rings. The van der Waals surface area contributed by atoms with Crippen LogP contribution in [0.25, 0.3) is 0 Å². The molecule has 0 aromatic heterocycles. The van der Waals surface area contributed by atoms with Crippen LogP contribution in [0.1, 0.15) is 39.0 Å². The highest BCUT2D eigenvalue weighted by Gasteiger charge is 2.57. The van der Waals surface area contributed by atoms with Crippen LogP contribution in [-0.2, 0) is 4.79 Å². The van der Waals surface area contributed by atoms with E-state index in [-0.39, 0.29) is 5.41 Å². The Bertz CT molecular complexity index is 224. The third-order valence-electron chi connectivity index (χ3n) is 4.67. The Kier molecular flexibility index (Phi) is 1.15. The van der Waals surface area contributed by atoms with Gasteiger partial charge in [-0.1, -0.05) is 0 Å². The molecule has 4 aliphatic carbocycles. The van der Waals surface area contributed by atoms with Gasteiger partial charge in [-0.05, 0) is 56.8 Å². The Morgan fingerprint density at radius 2 is 1.75 bits per heavy atom. The molecule has 4 rings (SSSR count). The van der Waals surface area contributed by atoms with Gasteiger partial charge in [0.2, 0.25) is 0 Å². The van der Waals surface area contributed by atoms with Gasteiger partial charge in [-0.15, -0.1) is 0 Å². The van der Waals surface area contributed by atoms with Gasteiger partial charge < -0.3 is 0 Å². The summed E-state index contributed by atoms with van der Waals surface area (Å²) < 4.78 is 0. The van der Waals surface area contributed by atoms with Crippen molar-refractivity contribution >= 4 is 5.78 Å². The van der Waals surface area contributed by atoms with E-state index in [2.05, 4.69) is 0 Å². The lowest BCUT2D eigenvalue weighted by atomic mass is 9.67. The fraction of sp³-hybridized carbons (Fsp3) is 0.909. The van der Waals surface area contributed by atoms with Gasteiger partial charge in [-0.2, -0.15) is 0 Å². The lowest BCUT2D eigenvalue weighted by Crippen LogP contribution is -2.33. The Morgan fingerprint density at radius 3 is 2.17 bits per heavy atom. The van der Waals surface area contributed by atoms with Crippen LogP contribution in [0, 0.1) is 23.2 Å². The molecule has 0 saturated heterocycles. The van der Waals surface area contributed by atoms with E-state index in [1.807, 2.05) is 6.92 Å². The largest absolute Gasteiger partial charge is 0.299 e. The van der Waals surface area contributed by atoms with Gasteiger partial charge in [0, 0.05) is 5.41 Å². The zero-order valence-electron chi connectivity index (χ0n) is 7.68. The van der Waals surface area contributed by atoms with Crippen molar-refractivity contribution in [1.29, 1.82) is 0 Å². The summed E-state index contributed by atoms with van der Waals surface area (Å²) in [4.78, 5) is 11.5. The van der Waals surface area contributed by atoms with Crippen LogP contribution in [0.2, 0.25) is 0 Å². The Morgan fingerprint density at radius 1 is 1.17 bits per heavy atom. The van der Waals surface area contributed by atoms with Crippen LogP contribution in [0.15, 0.2) is 0 Å². The quantitative estimate of drug-likeness (QED) is 0.581. The van der Waals surface area contributed by atoms with Crippen molar-refractivity contribution in [2.45, 2.75) is 39.0 Å². The second kappa shape index (κ2) is 1.94. The molecule has 0 aliphatic heterocycles. The maximum Gasteiger partial charge on any atom is 0.135 e. The van der Waals surface area contributed by atoms with E-state index in [1.54, 1.807) is 0 Å². The van der Waals surface area contributed by atoms with Crippen molar-refractivity contribution in [1.82, 2.24) is 0 Å². The SMILES string of the molecule is CC(=O)C12CC3CC(C1)C(C3)C2. The van der Waals surface area contributed by atoms with Gasteiger partial charge in [0.1, 0.15) is 5.78 Å². The molecule has 1 heteroatoms. The van der Waals surface area contributed by atoms with Crippen LogP contribution >= 0.6 is 0 Å². The van der Waals surface area contributed by atoms with E-state index in [0.29, 0.717) is 5.78 Å². The maximum absolute atomic E-state index is 11.5. The minimum Gasteiger partial charge on any atom is -0.299 e. The maximum atomic E-state index is 11.5. The average molecular weight is 164 g/mol. The standard InChI is InChI=1S/C11H16O/c1-7(12)11-4-8-2-9(5-11)10(3-8)6-11/h8-10H,2-6H2,1H3. The molecule has 0 spiro atoms. The fourth-order valence-electron chi connectivity index (χ4n) is 4.24. The van der Waals surface area contributed by atoms with Crippen molar-refractivity contribution < 1.29 is 4.79 Å². The summed E-state index contributed by atoms with van der Waals surface area (Å²) in [5.41, 5.74) is 0.177. The van der Waals surface area contributed by atoms with Gasteiger partial charge in [-0.25, -0.2) is 0 Å². The van der Waals surface area contributed by atoms with Crippen molar-refractivity contribution in [3.05, 3.63) is 0 Å². The van der Waals surface area contributed by atoms with E-state index in [1.165, 1.54) is 32.1 Å². The van der Waals surface area contributed by atoms with Crippen LogP contribution in [0.5, 0.6) is 0 Å². The first kappa shape index (κ1) is 7.11. The summed E-state index contributed by atoms with van der Waals surface area (Å²) in [6.07, 6.45) is 6.60. The molecule has 0 heterocycles. The first-order valence-corrected chi connectivity index (χ1v) is 5.21. The van der Waals surface area contributed by atoms with E-state index < -0.39 is 0 Å². The minimum atomic E-state index is 0.177. The molecule has 2 unspecified atom stereocenters. The van der Waals surface area contributed by atoms with Crippen molar-refractivity contribution in [2.24, 2.45) is 23.2 Å². The third kappa shape index (κ3) is 0.681. The van der Waals surface area contributed by atoms with E-state index in [9.17, 15) is 4.79 Å². The topological polar surface area (TPSA) is 17.1 Å². The molecule has 2 atom stereocenters. The highest BCUT2D eigenvalue weighted by atomic mass is 16.1. The first-order valence-electron chi connectivity index (χ1n) is 5.21. The van der Waals surface area contributed by atoms with E-state index >= 15 is 0 Å². The summed E-state index contributed by atoms with van der Waals surface area (Å²) in [6, 6.07) is 0. The van der Waals surface area contributed by atoms with Crippen molar-refractivity contribution in [3.63, 3.8) is 0 Å². The second-order valence-electron chi connectivity index (χ2n) is 5.31. The number of rotatable bonds is 1. The summed E-state index contributed by atoms with van der Waals surface area (Å²) in [5.74, 6) is 3.28. The van der Waals surface area contributed by atoms with Crippen LogP contribution in [-0.4, -0.2) is 5.78 Å². The van der Waals surface area contributed by atoms with E-state index in [4.69, 9.17) is 0 Å². The van der Waals surface area contributed by atoms with Crippen molar-refractivity contribution in [2.75, 3.05) is 0 Å². The normalized spacial score (nSPS) is 54.9. The molecule has 0 aromatic rings. The summed E-state index contributed by atoms with van der Waals surface area (Å²) in [6.45, 7) is 1.81. The molecule has 0 radical (unpaired) electrons. The fourth-order valence-corrected chi connectivity index (χ4v) is 4.24. The molecular weight excluding hydrogens is 148 g/mol. The lowest BCUT2D eigenvalue weighted by Gasteiger charge is -2.36. The molecule has 66 valence electrons. The highest BCUT2D eigenvalue weighted by molar-refractivity contribution is 5.83. The predicted octanol–water partition coefficient (Wildman–Crippen LogP) is 2.40. The molecule has 0 N–H and O–H groups in total. The van der Waals surface area contributed by atoms with Crippen LogP contribution in [0.3, 0.4) is 0 Å². The van der Waals surface area contributed by atoms with Gasteiger partial charge in [-0.3, -0.25) is 4.79 Å². The molecule has 0 aromatic carbocycles. The summed E-state index contributed by atoms with van der Waals surface area (Å²) in [5, 5.41) is 0. The molecule has 0 amide bonds. The predicted molar refractivity (Wildman–Crippen MR) is 46.7 cm³/mol. The summed E-state index contributed by atoms with van der Waals surface area (Å²) >= 11 is 0. The number of carbonyl (C=O) groups is 1. The van der Waals surface area contributed by atoms with E-state index in [0.717, 1.165) is 17.8 Å². The smallest absolute Gasteiger partial charge is 0.135 e. The average Bonchev–Trinajstić information content (AvgIpc) is 2.39. The first-order chi connectivity index (χ1) is 5.70. The zero-order valence-corrected chi connectivity index (χ0v) is 7.68. The van der Waals surface area contributed by atoms with Gasteiger partial charge in [0.25, 0.3) is 0 Å². The van der Waals surface area contributed by atoms with Gasteiger partial charge >= 0.3 is 0 Å². The number of hydrogen-bond donors (Lipinski definition) is 0. The molecular formula is C11H16O. The lowest BCUT2D eigenvalue weighted by molar-refractivity contribution is -0.129. The minimum absolute atomic E-state index is 0.177. The molecule has 12 heavy (non-hydrogen) atoms. The zero-order chi connectivity index (χ0) is 8.34. The van der Waals surface area contributed by atoms with Gasteiger partial charge in [0.05, 0.1) is 0 Å². The summed E-state index contributed by atoms with van der Waals surface area (Å²) in [7, 11) is 0. The monoisotopic (exact) mass is 164 g/mol. The van der Waals surface area contributed by atoms with Gasteiger partial charge in [0.15, 0.2) is 0 Å². The molecule has 4 saturated carbocycles. The Hall–Kier alpha value is -0.330. The number of hydrogen-bond acceptors (Lipinski definition) is 1. The molecule has 4 aliphatic rings. The van der Waals surface area contributed by atoms with Crippen molar-refractivity contribution in [3.8, 4) is 0 Å². The highest BCUT2D eigenvalue weighted by Crippen LogP contribution is 2.64. The molecule has 1 nitrogen and oxygen atoms in total. The van der Waals surface area contributed by atoms with Crippen LogP contribution < -0.4 is 0 Å². The third-order valence-corrected chi connectivity index (χ3v) is 4.67. The second-order valence-corrected chi connectivity index (χ2v) is 5.31. The van der Waals surface area contributed by atoms with Crippen LogP contribution in [0.4, 0.5) is 0 Å². The number of ketones is 1.